The predicted octanol–water partition coefficient (Wildman–Crippen LogP) is 0.596. The van der Waals surface area contributed by atoms with E-state index in [4.69, 9.17) is 5.73 Å². The second-order valence-corrected chi connectivity index (χ2v) is 5.36. The van der Waals surface area contributed by atoms with E-state index in [1.54, 1.807) is 0 Å². The Morgan fingerprint density at radius 1 is 1.40 bits per heavy atom. The van der Waals surface area contributed by atoms with E-state index >= 15 is 0 Å². The Morgan fingerprint density at radius 2 is 2.10 bits per heavy atom. The molecule has 1 aliphatic heterocycles. The molecule has 5 heteroatoms. The Labute approximate surface area is 119 Å². The smallest absolute Gasteiger partial charge is 0.245 e. The highest BCUT2D eigenvalue weighted by Gasteiger charge is 2.31. The van der Waals surface area contributed by atoms with Crippen LogP contribution >= 0.6 is 0 Å². The molecule has 0 bridgehead atoms. The molecule has 0 saturated carbocycles. The van der Waals surface area contributed by atoms with Gasteiger partial charge in [0.25, 0.3) is 0 Å². The topological polar surface area (TPSA) is 75.4 Å². The van der Waals surface area contributed by atoms with Crippen LogP contribution in [0.4, 0.5) is 0 Å². The van der Waals surface area contributed by atoms with Gasteiger partial charge in [-0.1, -0.05) is 24.3 Å². The lowest BCUT2D eigenvalue weighted by Crippen LogP contribution is -2.49. The maximum Gasteiger partial charge on any atom is 0.245 e. The molecule has 3 N–H and O–H groups in total. The minimum absolute atomic E-state index is 0.0448. The number of hydrogen-bond donors (Lipinski definition) is 2. The van der Waals surface area contributed by atoms with E-state index in [-0.39, 0.29) is 24.5 Å². The lowest BCUT2D eigenvalue weighted by atomic mass is 9.93. The van der Waals surface area contributed by atoms with Gasteiger partial charge in [-0.25, -0.2) is 0 Å². The first-order valence-corrected chi connectivity index (χ1v) is 6.90. The Hall–Kier alpha value is -1.88. The number of fused-ring (bicyclic) bond motifs is 1. The third kappa shape index (κ3) is 2.99. The summed E-state index contributed by atoms with van der Waals surface area (Å²) in [5.41, 5.74) is 7.43. The van der Waals surface area contributed by atoms with Gasteiger partial charge in [-0.3, -0.25) is 9.59 Å². The number of nitrogens with zero attached hydrogens (tertiary/aromatic N) is 1. The summed E-state index contributed by atoms with van der Waals surface area (Å²) >= 11 is 0. The number of rotatable bonds is 4. The van der Waals surface area contributed by atoms with Crippen LogP contribution in [-0.2, 0) is 16.0 Å². The average Bonchev–Trinajstić information content (AvgIpc) is 2.43. The Balaban J connectivity index is 2.26. The van der Waals surface area contributed by atoms with Gasteiger partial charge in [-0.05, 0) is 31.4 Å². The Bertz CT molecular complexity index is 514. The molecule has 1 aromatic carbocycles. The second kappa shape index (κ2) is 6.05. The molecule has 5 nitrogen and oxygen atoms in total. The summed E-state index contributed by atoms with van der Waals surface area (Å²) < 4.78 is 0. The van der Waals surface area contributed by atoms with Crippen LogP contribution in [0.1, 0.15) is 31.0 Å². The number of amides is 2. The SMILES string of the molecule is CC(C)N(CC(N)=O)C(=O)C1NCCc2ccccc21. The van der Waals surface area contributed by atoms with Crippen molar-refractivity contribution in [3.8, 4) is 0 Å². The molecule has 0 radical (unpaired) electrons. The summed E-state index contributed by atoms with van der Waals surface area (Å²) in [5.74, 6) is -0.581. The van der Waals surface area contributed by atoms with Gasteiger partial charge >= 0.3 is 0 Å². The highest BCUT2D eigenvalue weighted by molar-refractivity contribution is 5.88. The third-order valence-electron chi connectivity index (χ3n) is 3.59. The van der Waals surface area contributed by atoms with Crippen molar-refractivity contribution in [1.29, 1.82) is 0 Å². The predicted molar refractivity (Wildman–Crippen MR) is 76.9 cm³/mol. The number of nitrogens with one attached hydrogen (secondary N) is 1. The summed E-state index contributed by atoms with van der Waals surface area (Å²) in [6, 6.07) is 7.47. The maximum absolute atomic E-state index is 12.7. The van der Waals surface area contributed by atoms with Crippen molar-refractivity contribution in [2.24, 2.45) is 5.73 Å². The van der Waals surface area contributed by atoms with Gasteiger partial charge in [0.15, 0.2) is 0 Å². The van der Waals surface area contributed by atoms with Crippen molar-refractivity contribution in [2.75, 3.05) is 13.1 Å². The highest BCUT2D eigenvalue weighted by Crippen LogP contribution is 2.24. The molecule has 0 aromatic heterocycles. The quantitative estimate of drug-likeness (QED) is 0.844. The van der Waals surface area contributed by atoms with Gasteiger partial charge in [0.05, 0.1) is 6.54 Å². The second-order valence-electron chi connectivity index (χ2n) is 5.36. The zero-order valence-electron chi connectivity index (χ0n) is 11.9. The lowest BCUT2D eigenvalue weighted by molar-refractivity contribution is -0.139. The Morgan fingerprint density at radius 3 is 2.75 bits per heavy atom. The molecule has 0 fully saturated rings. The summed E-state index contributed by atoms with van der Waals surface area (Å²) in [5, 5.41) is 3.24. The van der Waals surface area contributed by atoms with E-state index in [2.05, 4.69) is 5.32 Å². The molecule has 20 heavy (non-hydrogen) atoms. The van der Waals surface area contributed by atoms with E-state index in [1.165, 1.54) is 10.5 Å². The molecule has 2 rings (SSSR count). The van der Waals surface area contributed by atoms with Crippen LogP contribution in [-0.4, -0.2) is 35.8 Å². The fourth-order valence-corrected chi connectivity index (χ4v) is 2.57. The molecule has 1 atom stereocenters. The number of nitrogens with two attached hydrogens (primary N) is 1. The molecule has 0 spiro atoms. The zero-order chi connectivity index (χ0) is 14.7. The van der Waals surface area contributed by atoms with Crippen molar-refractivity contribution < 1.29 is 9.59 Å². The first-order valence-electron chi connectivity index (χ1n) is 6.90. The molecule has 0 saturated heterocycles. The number of hydrogen-bond acceptors (Lipinski definition) is 3. The molecular weight excluding hydrogens is 254 g/mol. The van der Waals surface area contributed by atoms with Gasteiger partial charge in [-0.2, -0.15) is 0 Å². The summed E-state index contributed by atoms with van der Waals surface area (Å²) in [6.07, 6.45) is 0.914. The minimum atomic E-state index is -0.490. The molecule has 108 valence electrons. The first kappa shape index (κ1) is 14.5. The number of carbonyl (C=O) groups excluding carboxylic acids is 2. The van der Waals surface area contributed by atoms with Gasteiger partial charge in [0.1, 0.15) is 6.04 Å². The van der Waals surface area contributed by atoms with Crippen LogP contribution in [0.25, 0.3) is 0 Å². The molecule has 1 unspecified atom stereocenters. The highest BCUT2D eigenvalue weighted by atomic mass is 16.2. The average molecular weight is 275 g/mol. The number of benzene rings is 1. The van der Waals surface area contributed by atoms with Gasteiger partial charge in [0, 0.05) is 12.6 Å². The van der Waals surface area contributed by atoms with E-state index in [1.807, 2.05) is 38.1 Å². The normalized spacial score (nSPS) is 17.6. The standard InChI is InChI=1S/C15H21N3O2/c1-10(2)18(9-13(16)19)15(20)14-12-6-4-3-5-11(12)7-8-17-14/h3-6,10,14,17H,7-9H2,1-2H3,(H2,16,19). The van der Waals surface area contributed by atoms with Crippen LogP contribution in [0.5, 0.6) is 0 Å². The zero-order valence-corrected chi connectivity index (χ0v) is 11.9. The van der Waals surface area contributed by atoms with Crippen molar-refractivity contribution in [3.63, 3.8) is 0 Å². The molecule has 1 aliphatic rings. The third-order valence-corrected chi connectivity index (χ3v) is 3.59. The van der Waals surface area contributed by atoms with E-state index < -0.39 is 5.91 Å². The van der Waals surface area contributed by atoms with Crippen LogP contribution in [0.2, 0.25) is 0 Å². The summed E-state index contributed by atoms with van der Waals surface area (Å²) in [4.78, 5) is 25.4. The van der Waals surface area contributed by atoms with Crippen LogP contribution < -0.4 is 11.1 Å². The summed E-state index contributed by atoms with van der Waals surface area (Å²) in [7, 11) is 0. The van der Waals surface area contributed by atoms with Crippen molar-refractivity contribution in [1.82, 2.24) is 10.2 Å². The minimum Gasteiger partial charge on any atom is -0.368 e. The number of carbonyl (C=O) groups is 2. The largest absolute Gasteiger partial charge is 0.368 e. The van der Waals surface area contributed by atoms with E-state index in [0.717, 1.165) is 18.5 Å². The number of primary amides is 1. The van der Waals surface area contributed by atoms with Gasteiger partial charge in [0.2, 0.25) is 11.8 Å². The monoisotopic (exact) mass is 275 g/mol. The fraction of sp³-hybridized carbons (Fsp3) is 0.467. The van der Waals surface area contributed by atoms with E-state index in [9.17, 15) is 9.59 Å². The van der Waals surface area contributed by atoms with Gasteiger partial charge in [-0.15, -0.1) is 0 Å². The molecule has 0 aliphatic carbocycles. The maximum atomic E-state index is 12.7. The van der Waals surface area contributed by atoms with E-state index in [0.29, 0.717) is 0 Å². The van der Waals surface area contributed by atoms with Crippen LogP contribution in [0, 0.1) is 0 Å². The molecular formula is C15H21N3O2. The fourth-order valence-electron chi connectivity index (χ4n) is 2.57. The molecule has 1 heterocycles. The Kier molecular flexibility index (Phi) is 4.39. The van der Waals surface area contributed by atoms with Crippen molar-refractivity contribution >= 4 is 11.8 Å². The molecule has 1 aromatic rings. The van der Waals surface area contributed by atoms with Crippen LogP contribution in [0.15, 0.2) is 24.3 Å². The van der Waals surface area contributed by atoms with Crippen molar-refractivity contribution in [2.45, 2.75) is 32.4 Å². The van der Waals surface area contributed by atoms with Crippen LogP contribution in [0.3, 0.4) is 0 Å². The van der Waals surface area contributed by atoms with Gasteiger partial charge < -0.3 is 16.0 Å². The summed E-state index contributed by atoms with van der Waals surface area (Å²) in [6.45, 7) is 4.48. The molecule has 2 amide bonds. The first-order chi connectivity index (χ1) is 9.50. The van der Waals surface area contributed by atoms with Crippen molar-refractivity contribution in [3.05, 3.63) is 35.4 Å². The lowest BCUT2D eigenvalue weighted by Gasteiger charge is -2.33.